The molecule has 0 aliphatic heterocycles. The van der Waals surface area contributed by atoms with Gasteiger partial charge in [-0.25, -0.2) is 9.97 Å². The zero-order valence-electron chi connectivity index (χ0n) is 26.4. The molecule has 1 aromatic heterocycles. The van der Waals surface area contributed by atoms with Gasteiger partial charge < -0.3 is 0 Å². The first-order valence-electron chi connectivity index (χ1n) is 17.5. The van der Waals surface area contributed by atoms with Crippen molar-refractivity contribution in [2.45, 2.75) is 161 Å². The van der Waals surface area contributed by atoms with E-state index in [1.54, 1.807) is 0 Å². The van der Waals surface area contributed by atoms with Gasteiger partial charge in [-0.05, 0) is 86.7 Å². The average molecular weight is 556 g/mol. The summed E-state index contributed by atoms with van der Waals surface area (Å²) in [5.41, 5.74) is 3.78. The van der Waals surface area contributed by atoms with Gasteiger partial charge in [0.05, 0.1) is 11.5 Å². The van der Waals surface area contributed by atoms with E-state index in [4.69, 9.17) is 9.97 Å². The Bertz CT molecular complexity index is 1020. The molecule has 2 aliphatic rings. The van der Waals surface area contributed by atoms with Crippen LogP contribution in [0.4, 0.5) is 0 Å². The molecular formula is C38H57N3. The smallest absolute Gasteiger partial charge is 0.159 e. The minimum absolute atomic E-state index is 0.0768. The Labute approximate surface area is 252 Å². The van der Waals surface area contributed by atoms with Crippen LogP contribution in [0, 0.1) is 22.7 Å². The van der Waals surface area contributed by atoms with Gasteiger partial charge in [0.2, 0.25) is 0 Å². The van der Waals surface area contributed by atoms with Gasteiger partial charge in [-0.3, -0.25) is 0 Å². The summed E-state index contributed by atoms with van der Waals surface area (Å²) in [4.78, 5) is 9.60. The summed E-state index contributed by atoms with van der Waals surface area (Å²) in [6.07, 6.45) is 31.4. The molecule has 224 valence electrons. The second kappa shape index (κ2) is 17.0. The van der Waals surface area contributed by atoms with Gasteiger partial charge in [-0.2, -0.15) is 5.26 Å². The van der Waals surface area contributed by atoms with Crippen molar-refractivity contribution in [1.82, 2.24) is 9.97 Å². The molecule has 0 atom stereocenters. The first-order valence-corrected chi connectivity index (χ1v) is 17.5. The normalized spacial score (nSPS) is 24.7. The molecule has 2 saturated carbocycles. The van der Waals surface area contributed by atoms with Crippen molar-refractivity contribution in [1.29, 1.82) is 5.26 Å². The Morgan fingerprint density at radius 2 is 1.24 bits per heavy atom. The molecule has 0 bridgehead atoms. The van der Waals surface area contributed by atoms with Crippen molar-refractivity contribution >= 4 is 0 Å². The van der Waals surface area contributed by atoms with Crippen LogP contribution in [0.1, 0.15) is 172 Å². The molecule has 4 rings (SSSR count). The molecule has 2 aliphatic carbocycles. The maximum absolute atomic E-state index is 9.94. The van der Waals surface area contributed by atoms with Crippen molar-refractivity contribution in [3.8, 4) is 17.5 Å². The van der Waals surface area contributed by atoms with E-state index in [1.807, 2.05) is 0 Å². The molecule has 3 nitrogen and oxygen atoms in total. The van der Waals surface area contributed by atoms with Gasteiger partial charge in [0.1, 0.15) is 0 Å². The molecule has 0 N–H and O–H groups in total. The van der Waals surface area contributed by atoms with Crippen molar-refractivity contribution in [2.75, 3.05) is 0 Å². The zero-order valence-corrected chi connectivity index (χ0v) is 26.4. The summed E-state index contributed by atoms with van der Waals surface area (Å²) < 4.78 is 0. The molecule has 2 aromatic rings. The summed E-state index contributed by atoms with van der Waals surface area (Å²) in [7, 11) is 0. The van der Waals surface area contributed by atoms with Crippen molar-refractivity contribution < 1.29 is 0 Å². The molecule has 3 heteroatoms. The highest BCUT2D eigenvalue weighted by Gasteiger charge is 2.35. The fourth-order valence-electron chi connectivity index (χ4n) is 7.59. The van der Waals surface area contributed by atoms with Gasteiger partial charge in [0.15, 0.2) is 5.82 Å². The number of benzene rings is 1. The highest BCUT2D eigenvalue weighted by Crippen LogP contribution is 2.46. The van der Waals surface area contributed by atoms with Gasteiger partial charge in [-0.1, -0.05) is 115 Å². The topological polar surface area (TPSA) is 49.6 Å². The van der Waals surface area contributed by atoms with E-state index in [0.29, 0.717) is 11.8 Å². The van der Waals surface area contributed by atoms with E-state index < -0.39 is 0 Å². The Kier molecular flexibility index (Phi) is 13.2. The lowest BCUT2D eigenvalue weighted by molar-refractivity contribution is 0.223. The number of nitriles is 1. The largest absolute Gasteiger partial charge is 0.236 e. The van der Waals surface area contributed by atoms with E-state index in [2.05, 4.69) is 56.6 Å². The van der Waals surface area contributed by atoms with E-state index in [0.717, 1.165) is 49.4 Å². The molecule has 0 radical (unpaired) electrons. The molecule has 0 saturated heterocycles. The monoisotopic (exact) mass is 555 g/mol. The van der Waals surface area contributed by atoms with Gasteiger partial charge in [0.25, 0.3) is 0 Å². The number of unbranched alkanes of at least 4 members (excludes halogenated alkanes) is 9. The first-order chi connectivity index (χ1) is 20.2. The van der Waals surface area contributed by atoms with Crippen LogP contribution in [0.15, 0.2) is 36.7 Å². The highest BCUT2D eigenvalue weighted by molar-refractivity contribution is 5.55. The van der Waals surface area contributed by atoms with Crippen LogP contribution in [-0.4, -0.2) is 9.97 Å². The minimum Gasteiger partial charge on any atom is -0.236 e. The Hall–Kier alpha value is -2.21. The van der Waals surface area contributed by atoms with Gasteiger partial charge >= 0.3 is 0 Å². The lowest BCUT2D eigenvalue weighted by Crippen LogP contribution is -2.25. The number of hydrogen-bond donors (Lipinski definition) is 0. The quantitative estimate of drug-likeness (QED) is 0.193. The van der Waals surface area contributed by atoms with E-state index in [1.165, 1.54) is 114 Å². The van der Waals surface area contributed by atoms with Gasteiger partial charge in [0, 0.05) is 18.0 Å². The molecule has 1 heterocycles. The Morgan fingerprint density at radius 3 is 1.85 bits per heavy atom. The molecule has 41 heavy (non-hydrogen) atoms. The molecule has 2 fully saturated rings. The third-order valence-electron chi connectivity index (χ3n) is 10.5. The van der Waals surface area contributed by atoms with Crippen LogP contribution >= 0.6 is 0 Å². The van der Waals surface area contributed by atoms with Crippen molar-refractivity contribution in [2.24, 2.45) is 11.3 Å². The van der Waals surface area contributed by atoms with Crippen LogP contribution in [0.25, 0.3) is 11.4 Å². The molecular weight excluding hydrogens is 498 g/mol. The molecule has 1 aromatic carbocycles. The lowest BCUT2D eigenvalue weighted by Gasteiger charge is -2.35. The molecule has 0 amide bonds. The fourth-order valence-corrected chi connectivity index (χ4v) is 7.59. The Morgan fingerprint density at radius 1 is 0.683 bits per heavy atom. The predicted octanol–water partition coefficient (Wildman–Crippen LogP) is 11.7. The maximum Gasteiger partial charge on any atom is 0.159 e. The second-order valence-corrected chi connectivity index (χ2v) is 13.6. The van der Waals surface area contributed by atoms with Crippen molar-refractivity contribution in [3.63, 3.8) is 0 Å². The summed E-state index contributed by atoms with van der Waals surface area (Å²) in [5, 5.41) is 9.94. The number of hydrogen-bond acceptors (Lipinski definition) is 3. The van der Waals surface area contributed by atoms with Crippen LogP contribution < -0.4 is 0 Å². The minimum atomic E-state index is -0.0768. The van der Waals surface area contributed by atoms with Crippen LogP contribution in [0.3, 0.4) is 0 Å². The maximum atomic E-state index is 9.94. The lowest BCUT2D eigenvalue weighted by atomic mass is 9.67. The number of rotatable bonds is 16. The summed E-state index contributed by atoms with van der Waals surface area (Å²) >= 11 is 0. The van der Waals surface area contributed by atoms with Crippen LogP contribution in [0.2, 0.25) is 0 Å². The van der Waals surface area contributed by atoms with Gasteiger partial charge in [-0.15, -0.1) is 0 Å². The summed E-state index contributed by atoms with van der Waals surface area (Å²) in [6, 6.07) is 11.7. The van der Waals surface area contributed by atoms with E-state index >= 15 is 0 Å². The highest BCUT2D eigenvalue weighted by atomic mass is 14.9. The third kappa shape index (κ3) is 9.66. The number of aromatic nitrogens is 2. The number of nitrogens with zero attached hydrogens (tertiary/aromatic N) is 3. The first kappa shape index (κ1) is 31.7. The molecule has 0 spiro atoms. The fraction of sp³-hybridized carbons (Fsp3) is 0.711. The SMILES string of the molecule is CCCCCCCCC[C@H]1CC[C@H](c2cnc(-c3ccc([C@H]4CC[C@@](C#N)(CCCCCC)CC4)cc3)nc2)CC1. The summed E-state index contributed by atoms with van der Waals surface area (Å²) in [5.74, 6) is 2.99. The van der Waals surface area contributed by atoms with Crippen LogP contribution in [0.5, 0.6) is 0 Å². The van der Waals surface area contributed by atoms with E-state index in [-0.39, 0.29) is 5.41 Å². The standard InChI is InChI=1S/C38H57N3/c1-3-5-7-9-10-11-12-14-31-15-17-33(18-16-31)36-28-40-37(41-29-36)35-21-19-32(20-22-35)34-23-26-38(30-39,27-24-34)25-13-8-6-4-2/h19-22,28-29,31,33-34H,3-18,23-27H2,1-2H3/t31-,33-,34-,38-. The molecule has 0 unspecified atom stereocenters. The predicted molar refractivity (Wildman–Crippen MR) is 173 cm³/mol. The second-order valence-electron chi connectivity index (χ2n) is 13.6. The van der Waals surface area contributed by atoms with Crippen LogP contribution in [-0.2, 0) is 0 Å². The van der Waals surface area contributed by atoms with E-state index in [9.17, 15) is 5.26 Å². The zero-order chi connectivity index (χ0) is 28.8. The van der Waals surface area contributed by atoms with Crippen molar-refractivity contribution in [3.05, 3.63) is 47.8 Å². The summed E-state index contributed by atoms with van der Waals surface area (Å²) in [6.45, 7) is 4.55. The average Bonchev–Trinajstić information content (AvgIpc) is 3.03. The third-order valence-corrected chi connectivity index (χ3v) is 10.5. The Balaban J connectivity index is 1.19.